The monoisotopic (exact) mass is 528 g/mol. The predicted molar refractivity (Wildman–Crippen MR) is 146 cm³/mol. The van der Waals surface area contributed by atoms with Crippen molar-refractivity contribution in [2.24, 2.45) is 0 Å². The van der Waals surface area contributed by atoms with Crippen molar-refractivity contribution in [2.45, 2.75) is 18.0 Å². The molecular weight excluding hydrogens is 496 g/mol. The van der Waals surface area contributed by atoms with Crippen molar-refractivity contribution < 1.29 is 24.1 Å². The summed E-state index contributed by atoms with van der Waals surface area (Å²) in [5.41, 5.74) is 4.42. The number of ether oxygens (including phenoxy) is 3. The number of pyridine rings is 1. The summed E-state index contributed by atoms with van der Waals surface area (Å²) in [5, 5.41) is 11.8. The number of fused-ring (bicyclic) bond motifs is 4. The third-order valence-electron chi connectivity index (χ3n) is 8.00. The summed E-state index contributed by atoms with van der Waals surface area (Å²) in [6.45, 7) is 2.35. The number of hydrogen-bond donors (Lipinski definition) is 2. The van der Waals surface area contributed by atoms with Gasteiger partial charge in [0.1, 0.15) is 17.2 Å². The smallest absolute Gasteiger partial charge is 0.255 e. The topological polar surface area (TPSA) is 100 Å². The molecule has 1 fully saturated rings. The molecule has 1 amide bonds. The van der Waals surface area contributed by atoms with Gasteiger partial charge in [-0.25, -0.2) is 0 Å². The van der Waals surface area contributed by atoms with Gasteiger partial charge in [0, 0.05) is 72.7 Å². The minimum atomic E-state index is -0.297. The van der Waals surface area contributed by atoms with E-state index in [9.17, 15) is 9.90 Å². The number of carbonyl (C=O) groups excluding carboxylic acids is 1. The number of aliphatic hydroxyl groups excluding tert-OH is 1. The lowest BCUT2D eigenvalue weighted by Crippen LogP contribution is -2.67. The average molecular weight is 529 g/mol. The van der Waals surface area contributed by atoms with Gasteiger partial charge in [0.05, 0.1) is 39.5 Å². The molecule has 4 aromatic rings. The van der Waals surface area contributed by atoms with Crippen molar-refractivity contribution in [3.63, 3.8) is 0 Å². The van der Waals surface area contributed by atoms with E-state index in [0.29, 0.717) is 43.2 Å². The number of nitrogens with zero attached hydrogens (tertiary/aromatic N) is 3. The third-order valence-corrected chi connectivity index (χ3v) is 8.00. The number of methoxy groups -OCH3 is 3. The van der Waals surface area contributed by atoms with Gasteiger partial charge in [0.2, 0.25) is 0 Å². The number of aromatic nitrogens is 2. The van der Waals surface area contributed by atoms with E-state index in [0.717, 1.165) is 27.9 Å². The molecule has 9 heteroatoms. The van der Waals surface area contributed by atoms with Gasteiger partial charge in [0.15, 0.2) is 0 Å². The molecule has 9 nitrogen and oxygen atoms in total. The number of amides is 1. The van der Waals surface area contributed by atoms with Gasteiger partial charge in [-0.1, -0.05) is 0 Å². The molecule has 0 unspecified atom stereocenters. The van der Waals surface area contributed by atoms with Gasteiger partial charge in [-0.15, -0.1) is 0 Å². The van der Waals surface area contributed by atoms with Crippen LogP contribution in [0.1, 0.15) is 33.2 Å². The van der Waals surface area contributed by atoms with Crippen LogP contribution in [-0.2, 0) is 12.0 Å². The Morgan fingerprint density at radius 2 is 1.77 bits per heavy atom. The summed E-state index contributed by atoms with van der Waals surface area (Å²) in [6, 6.07) is 15.2. The van der Waals surface area contributed by atoms with Crippen molar-refractivity contribution in [1.82, 2.24) is 19.8 Å². The van der Waals surface area contributed by atoms with Gasteiger partial charge in [-0.3, -0.25) is 14.7 Å². The molecule has 2 N–H and O–H groups in total. The first-order chi connectivity index (χ1) is 19.0. The van der Waals surface area contributed by atoms with Crippen LogP contribution in [0.5, 0.6) is 17.2 Å². The van der Waals surface area contributed by atoms with E-state index in [4.69, 9.17) is 14.2 Å². The van der Waals surface area contributed by atoms with E-state index in [1.807, 2.05) is 35.2 Å². The molecule has 2 aliphatic heterocycles. The summed E-state index contributed by atoms with van der Waals surface area (Å²) in [7, 11) is 4.93. The molecule has 1 atom stereocenters. The highest BCUT2D eigenvalue weighted by molar-refractivity contribution is 5.95. The highest BCUT2D eigenvalue weighted by Gasteiger charge is 2.54. The number of H-pyrrole nitrogens is 1. The van der Waals surface area contributed by atoms with Crippen LogP contribution in [0.4, 0.5) is 0 Å². The van der Waals surface area contributed by atoms with Gasteiger partial charge in [-0.05, 0) is 47.5 Å². The van der Waals surface area contributed by atoms with Crippen LogP contribution in [0.25, 0.3) is 10.9 Å². The van der Waals surface area contributed by atoms with Gasteiger partial charge in [0.25, 0.3) is 5.91 Å². The highest BCUT2D eigenvalue weighted by Crippen LogP contribution is 2.49. The zero-order valence-corrected chi connectivity index (χ0v) is 22.3. The number of likely N-dealkylation sites (tertiary alicyclic amines) is 1. The van der Waals surface area contributed by atoms with Crippen LogP contribution in [0.2, 0.25) is 0 Å². The summed E-state index contributed by atoms with van der Waals surface area (Å²) < 4.78 is 16.5. The molecule has 0 bridgehead atoms. The fourth-order valence-corrected chi connectivity index (χ4v) is 6.23. The lowest BCUT2D eigenvalue weighted by molar-refractivity contribution is -0.00280. The molecule has 4 heterocycles. The van der Waals surface area contributed by atoms with E-state index < -0.39 is 0 Å². The summed E-state index contributed by atoms with van der Waals surface area (Å²) >= 11 is 0. The van der Waals surface area contributed by atoms with Gasteiger partial charge < -0.3 is 29.2 Å². The third kappa shape index (κ3) is 4.27. The summed E-state index contributed by atoms with van der Waals surface area (Å²) in [5.74, 6) is 2.17. The maximum absolute atomic E-state index is 13.3. The maximum atomic E-state index is 13.3. The van der Waals surface area contributed by atoms with Crippen LogP contribution in [0, 0.1) is 0 Å². The Balaban J connectivity index is 1.41. The Morgan fingerprint density at radius 1 is 1.03 bits per heavy atom. The van der Waals surface area contributed by atoms with Crippen molar-refractivity contribution in [3.8, 4) is 17.2 Å². The Labute approximate surface area is 226 Å². The molecule has 39 heavy (non-hydrogen) atoms. The second-order valence-corrected chi connectivity index (χ2v) is 10.3. The number of rotatable bonds is 7. The molecule has 202 valence electrons. The standard InChI is InChI=1S/C30H32N4O5/c1-37-21-6-7-24-25(12-21)32-28-26(15-35)33(14-19-9-22(38-2)11-23(10-19)39-3)16-30(27(24)28)17-34(18-30)29(36)20-5-4-8-31-13-20/h4-13,26,32,35H,14-18H2,1-3H3/t26-/m0/s1. The number of aromatic amines is 1. The molecule has 6 rings (SSSR count). The number of carbonyl (C=O) groups is 1. The van der Waals surface area contributed by atoms with Crippen molar-refractivity contribution in [3.05, 3.63) is 83.3 Å². The molecule has 2 aromatic heterocycles. The first-order valence-corrected chi connectivity index (χ1v) is 12.9. The number of aliphatic hydroxyl groups is 1. The van der Waals surface area contributed by atoms with Gasteiger partial charge >= 0.3 is 0 Å². The van der Waals surface area contributed by atoms with Crippen molar-refractivity contribution >= 4 is 16.8 Å². The summed E-state index contributed by atoms with van der Waals surface area (Å²) in [6.07, 6.45) is 3.28. The minimum absolute atomic E-state index is 0.0230. The number of hydrogen-bond acceptors (Lipinski definition) is 7. The Morgan fingerprint density at radius 3 is 2.41 bits per heavy atom. The highest BCUT2D eigenvalue weighted by atomic mass is 16.5. The molecular formula is C30H32N4O5. The zero-order chi connectivity index (χ0) is 27.1. The van der Waals surface area contributed by atoms with Crippen molar-refractivity contribution in [2.75, 3.05) is 47.6 Å². The molecule has 1 saturated heterocycles. The van der Waals surface area contributed by atoms with Crippen LogP contribution >= 0.6 is 0 Å². The van der Waals surface area contributed by atoms with Crippen molar-refractivity contribution in [1.29, 1.82) is 0 Å². The Kier molecular flexibility index (Phi) is 6.40. The second-order valence-electron chi connectivity index (χ2n) is 10.3. The largest absolute Gasteiger partial charge is 0.497 e. The molecule has 0 aliphatic carbocycles. The van der Waals surface area contributed by atoms with E-state index in [1.165, 1.54) is 5.56 Å². The van der Waals surface area contributed by atoms with Crippen LogP contribution < -0.4 is 14.2 Å². The van der Waals surface area contributed by atoms with E-state index in [2.05, 4.69) is 20.9 Å². The first kappa shape index (κ1) is 25.2. The number of nitrogens with one attached hydrogen (secondary N) is 1. The average Bonchev–Trinajstić information content (AvgIpc) is 3.34. The Bertz CT molecular complexity index is 1490. The zero-order valence-electron chi connectivity index (χ0n) is 22.3. The molecule has 1 spiro atoms. The number of benzene rings is 2. The van der Waals surface area contributed by atoms with Crippen LogP contribution in [0.15, 0.2) is 60.9 Å². The van der Waals surface area contributed by atoms with Crippen LogP contribution in [-0.4, -0.2) is 78.4 Å². The molecule has 2 aliphatic rings. The van der Waals surface area contributed by atoms with Crippen LogP contribution in [0.3, 0.4) is 0 Å². The minimum Gasteiger partial charge on any atom is -0.497 e. The molecule has 2 aromatic carbocycles. The quantitative estimate of drug-likeness (QED) is 0.379. The molecule has 0 radical (unpaired) electrons. The lowest BCUT2D eigenvalue weighted by atomic mass is 9.68. The van der Waals surface area contributed by atoms with E-state index >= 15 is 0 Å². The Hall–Kier alpha value is -4.08. The first-order valence-electron chi connectivity index (χ1n) is 12.9. The fourth-order valence-electron chi connectivity index (χ4n) is 6.23. The lowest BCUT2D eigenvalue weighted by Gasteiger charge is -2.56. The van der Waals surface area contributed by atoms with E-state index in [1.54, 1.807) is 45.9 Å². The second kappa shape index (κ2) is 9.91. The summed E-state index contributed by atoms with van der Waals surface area (Å²) in [4.78, 5) is 25.2. The van der Waals surface area contributed by atoms with Gasteiger partial charge in [-0.2, -0.15) is 0 Å². The molecule has 0 saturated carbocycles. The predicted octanol–water partition coefficient (Wildman–Crippen LogP) is 3.53. The van der Waals surface area contributed by atoms with E-state index in [-0.39, 0.29) is 24.0 Å². The maximum Gasteiger partial charge on any atom is 0.255 e. The normalized spacial score (nSPS) is 18.1. The SMILES string of the molecule is COc1cc(CN2CC3(CN(C(=O)c4cccnc4)C3)c3c([nH]c4cc(OC)ccc34)[C@@H]2CO)cc(OC)c1. The fraction of sp³-hybridized carbons (Fsp3) is 0.333.